The monoisotopic (exact) mass is 182 g/mol. The molecule has 5 heteroatoms. The van der Waals surface area contributed by atoms with E-state index in [4.69, 9.17) is 0 Å². The fourth-order valence-electron chi connectivity index (χ4n) is 0.489. The number of hydrogen-bond acceptors (Lipinski definition) is 4. The molecular weight excluding hydrogens is 172 g/mol. The van der Waals surface area contributed by atoms with E-state index in [-0.39, 0.29) is 0 Å². The summed E-state index contributed by atoms with van der Waals surface area (Å²) in [6, 6.07) is 0. The first-order valence-electron chi connectivity index (χ1n) is 3.30. The Morgan fingerprint density at radius 1 is 1.36 bits per heavy atom. The fraction of sp³-hybridized carbons (Fsp3) is 0.667. The van der Waals surface area contributed by atoms with Crippen LogP contribution in [0.3, 0.4) is 0 Å². The van der Waals surface area contributed by atoms with Crippen molar-refractivity contribution in [2.45, 2.75) is 26.2 Å². The van der Waals surface area contributed by atoms with Gasteiger partial charge in [0.25, 0.3) is 0 Å². The van der Waals surface area contributed by atoms with Crippen molar-refractivity contribution in [2.75, 3.05) is 0 Å². The van der Waals surface area contributed by atoms with E-state index in [0.717, 1.165) is 25.5 Å². The van der Waals surface area contributed by atoms with E-state index < -0.39 is 10.2 Å². The van der Waals surface area contributed by atoms with Crippen LogP contribution in [0.2, 0.25) is 0 Å². The maximum absolute atomic E-state index is 9.81. The molecule has 66 valence electrons. The van der Waals surface area contributed by atoms with Crippen LogP contribution in [0, 0.1) is 10.2 Å². The first-order chi connectivity index (χ1) is 5.06. The second-order valence-corrected chi connectivity index (χ2v) is 2.92. The Morgan fingerprint density at radius 3 is 2.45 bits per heavy atom. The van der Waals surface area contributed by atoms with E-state index in [1.165, 1.54) is 6.08 Å². The zero-order valence-corrected chi connectivity index (χ0v) is 7.04. The highest BCUT2D eigenvalue weighted by atomic mass is 35.7. The third-order valence-corrected chi connectivity index (χ3v) is 1.30. The first kappa shape index (κ1) is 10.7. The van der Waals surface area contributed by atoms with Crippen molar-refractivity contribution in [1.29, 1.82) is 0 Å². The lowest BCUT2D eigenvalue weighted by Gasteiger charge is -2.09. The summed E-state index contributed by atoms with van der Waals surface area (Å²) in [5.74, 6) is 0. The van der Waals surface area contributed by atoms with E-state index >= 15 is 0 Å². The van der Waals surface area contributed by atoms with E-state index in [1.54, 1.807) is 0 Å². The Kier molecular flexibility index (Phi) is 5.23. The lowest BCUT2D eigenvalue weighted by atomic mass is 10.2. The van der Waals surface area contributed by atoms with Crippen LogP contribution in [-0.4, -0.2) is 0 Å². The van der Waals surface area contributed by atoms with Gasteiger partial charge in [-0.1, -0.05) is 17.6 Å². The zero-order chi connectivity index (χ0) is 8.74. The van der Waals surface area contributed by atoms with Crippen LogP contribution in [-0.2, 0) is 4.29 Å². The minimum atomic E-state index is -4.30. The molecule has 0 aromatic rings. The molecule has 4 nitrogen and oxygen atoms in total. The van der Waals surface area contributed by atoms with E-state index in [0.29, 0.717) is 0 Å². The normalized spacial score (nSPS) is 12.4. The Balaban J connectivity index is 3.30. The van der Waals surface area contributed by atoms with Gasteiger partial charge in [-0.2, -0.15) is 14.0 Å². The molecule has 0 saturated heterocycles. The fourth-order valence-corrected chi connectivity index (χ4v) is 0.688. The average Bonchev–Trinajstić information content (AvgIpc) is 1.85. The van der Waals surface area contributed by atoms with Gasteiger partial charge in [0.2, 0.25) is 6.26 Å². The second kappa shape index (κ2) is 5.37. The molecule has 0 bridgehead atoms. The number of allylic oxidation sites excluding steroid dienone is 1. The molecule has 0 aromatic heterocycles. The maximum atomic E-state index is 9.81. The topological polar surface area (TPSA) is 78.4 Å². The smallest absolute Gasteiger partial charge is 0.167 e. The van der Waals surface area contributed by atoms with Gasteiger partial charge in [0.05, 0.1) is 0 Å². The van der Waals surface area contributed by atoms with Gasteiger partial charge in [0, 0.05) is 0 Å². The molecule has 0 aromatic carbocycles. The summed E-state index contributed by atoms with van der Waals surface area (Å²) in [7, 11) is -4.30. The zero-order valence-electron chi connectivity index (χ0n) is 6.29. The molecule has 0 aliphatic heterocycles. The molecule has 0 saturated carbocycles. The minimum absolute atomic E-state index is 0.724. The molecule has 0 aliphatic rings. The lowest BCUT2D eigenvalue weighted by molar-refractivity contribution is -1.92. The molecule has 0 aliphatic carbocycles. The third-order valence-electron chi connectivity index (χ3n) is 0.981. The molecular formula is C6H11ClO4. The maximum Gasteiger partial charge on any atom is 0.249 e. The van der Waals surface area contributed by atoms with Gasteiger partial charge in [0.15, 0.2) is 0 Å². The summed E-state index contributed by atoms with van der Waals surface area (Å²) in [6.45, 7) is 2.01. The highest BCUT2D eigenvalue weighted by molar-refractivity contribution is 4.71. The second-order valence-electron chi connectivity index (χ2n) is 1.98. The third kappa shape index (κ3) is 9.71. The molecule has 0 N–H and O–H groups in total. The summed E-state index contributed by atoms with van der Waals surface area (Å²) in [4.78, 5) is 0. The highest BCUT2D eigenvalue weighted by Gasteiger charge is 2.11. The Bertz CT molecular complexity index is 118. The van der Waals surface area contributed by atoms with Crippen molar-refractivity contribution in [3.8, 4) is 0 Å². The Hall–Kier alpha value is -0.290. The van der Waals surface area contributed by atoms with E-state index in [2.05, 4.69) is 4.29 Å². The van der Waals surface area contributed by atoms with Crippen LogP contribution in [0.4, 0.5) is 0 Å². The highest BCUT2D eigenvalue weighted by Crippen LogP contribution is 1.96. The van der Waals surface area contributed by atoms with Crippen molar-refractivity contribution >= 4 is 0 Å². The predicted molar refractivity (Wildman–Crippen MR) is 29.7 cm³/mol. The quantitative estimate of drug-likeness (QED) is 0.387. The van der Waals surface area contributed by atoms with Crippen molar-refractivity contribution in [3.05, 3.63) is 12.3 Å². The molecule has 0 radical (unpaired) electrons. The Labute approximate surface area is 67.8 Å². The SMILES string of the molecule is CCCCC=CO[Cl+3]([O-])([O-])[O-]. The molecule has 0 rings (SSSR count). The summed E-state index contributed by atoms with van der Waals surface area (Å²) in [5.41, 5.74) is 0. The van der Waals surface area contributed by atoms with E-state index in [9.17, 15) is 14.0 Å². The van der Waals surface area contributed by atoms with Crippen LogP contribution in [0.25, 0.3) is 0 Å². The molecule has 11 heavy (non-hydrogen) atoms. The van der Waals surface area contributed by atoms with Crippen LogP contribution in [0.1, 0.15) is 26.2 Å². The molecule has 0 heterocycles. The van der Waals surface area contributed by atoms with Gasteiger partial charge in [-0.05, 0) is 18.9 Å². The molecule has 0 amide bonds. The largest absolute Gasteiger partial charge is 0.249 e. The first-order valence-corrected chi connectivity index (χ1v) is 4.54. The Morgan fingerprint density at radius 2 is 2.00 bits per heavy atom. The number of hydrogen-bond donors (Lipinski definition) is 0. The van der Waals surface area contributed by atoms with Gasteiger partial charge in [-0.3, -0.25) is 0 Å². The summed E-state index contributed by atoms with van der Waals surface area (Å²) < 4.78 is 33.2. The van der Waals surface area contributed by atoms with Crippen LogP contribution >= 0.6 is 0 Å². The summed E-state index contributed by atoms with van der Waals surface area (Å²) in [5, 5.41) is 0. The van der Waals surface area contributed by atoms with E-state index in [1.807, 2.05) is 6.92 Å². The molecule has 0 fully saturated rings. The minimum Gasteiger partial charge on any atom is -0.167 e. The number of rotatable bonds is 5. The van der Waals surface area contributed by atoms with Gasteiger partial charge in [0.1, 0.15) is 10.2 Å². The molecule has 0 unspecified atom stereocenters. The van der Waals surface area contributed by atoms with Crippen molar-refractivity contribution < 1.29 is 28.5 Å². The predicted octanol–water partition coefficient (Wildman–Crippen LogP) is -1.40. The summed E-state index contributed by atoms with van der Waals surface area (Å²) >= 11 is 0. The molecule has 0 spiro atoms. The van der Waals surface area contributed by atoms with Crippen LogP contribution in [0.15, 0.2) is 12.3 Å². The van der Waals surface area contributed by atoms with Crippen molar-refractivity contribution in [2.24, 2.45) is 0 Å². The lowest BCUT2D eigenvalue weighted by Crippen LogP contribution is -2.60. The van der Waals surface area contributed by atoms with Crippen molar-refractivity contribution in [3.63, 3.8) is 0 Å². The van der Waals surface area contributed by atoms with Gasteiger partial charge in [-0.15, -0.1) is 0 Å². The van der Waals surface area contributed by atoms with Crippen molar-refractivity contribution in [1.82, 2.24) is 0 Å². The van der Waals surface area contributed by atoms with Gasteiger partial charge in [-0.25, -0.2) is 0 Å². The summed E-state index contributed by atoms with van der Waals surface area (Å²) in [6.07, 6.45) is 5.11. The van der Waals surface area contributed by atoms with Crippen LogP contribution < -0.4 is 14.0 Å². The number of unbranched alkanes of at least 4 members (excludes halogenated alkanes) is 2. The standard InChI is InChI=1S/C6H11ClO4/c1-2-3-4-5-6-11-7(8,9)10/h5-6H,2-4H2,1H3. The van der Waals surface area contributed by atoms with Gasteiger partial charge >= 0.3 is 0 Å². The van der Waals surface area contributed by atoms with Crippen LogP contribution in [0.5, 0.6) is 0 Å². The van der Waals surface area contributed by atoms with Gasteiger partial charge < -0.3 is 0 Å². The number of halogens is 1. The molecule has 0 atom stereocenters. The average molecular weight is 183 g/mol.